The Morgan fingerprint density at radius 2 is 1.90 bits per heavy atom. The molecule has 0 aliphatic rings. The highest BCUT2D eigenvalue weighted by Gasteiger charge is 2.11. The van der Waals surface area contributed by atoms with E-state index in [4.69, 9.17) is 28.3 Å². The minimum absolute atomic E-state index is 0.238. The van der Waals surface area contributed by atoms with Crippen molar-refractivity contribution >= 4 is 40.8 Å². The van der Waals surface area contributed by atoms with E-state index in [9.17, 15) is 9.59 Å². The lowest BCUT2D eigenvalue weighted by atomic mass is 10.3. The summed E-state index contributed by atoms with van der Waals surface area (Å²) in [6.45, 7) is -0.309. The van der Waals surface area contributed by atoms with E-state index in [2.05, 4.69) is 10.4 Å². The highest BCUT2D eigenvalue weighted by Crippen LogP contribution is 2.22. The lowest BCUT2D eigenvalue weighted by molar-refractivity contribution is -0.137. The first-order valence-electron chi connectivity index (χ1n) is 5.46. The van der Waals surface area contributed by atoms with Gasteiger partial charge in [-0.3, -0.25) is 14.3 Å². The van der Waals surface area contributed by atoms with Crippen LogP contribution in [0.1, 0.15) is 10.4 Å². The number of carboxylic acid groups (broad SMARTS) is 1. The zero-order valence-electron chi connectivity index (χ0n) is 10.0. The first-order chi connectivity index (χ1) is 9.44. The molecule has 6 nitrogen and oxygen atoms in total. The molecule has 0 atom stereocenters. The third-order valence-corrected chi connectivity index (χ3v) is 2.75. The van der Waals surface area contributed by atoms with Crippen LogP contribution in [0.4, 0.5) is 5.69 Å². The van der Waals surface area contributed by atoms with Crippen molar-refractivity contribution in [3.63, 3.8) is 0 Å². The van der Waals surface area contributed by atoms with Gasteiger partial charge in [0.15, 0.2) is 0 Å². The number of anilines is 1. The van der Waals surface area contributed by atoms with Gasteiger partial charge < -0.3 is 10.4 Å². The van der Waals surface area contributed by atoms with Crippen molar-refractivity contribution < 1.29 is 14.7 Å². The van der Waals surface area contributed by atoms with Gasteiger partial charge in [0.1, 0.15) is 6.54 Å². The zero-order valence-corrected chi connectivity index (χ0v) is 11.5. The molecule has 8 heteroatoms. The van der Waals surface area contributed by atoms with Gasteiger partial charge in [-0.05, 0) is 18.2 Å². The summed E-state index contributed by atoms with van der Waals surface area (Å²) in [7, 11) is 0. The van der Waals surface area contributed by atoms with Crippen LogP contribution in [0.15, 0.2) is 30.6 Å². The van der Waals surface area contributed by atoms with Crippen molar-refractivity contribution in [2.24, 2.45) is 0 Å². The number of halogens is 2. The Labute approximate surface area is 123 Å². The topological polar surface area (TPSA) is 84.2 Å². The van der Waals surface area contributed by atoms with E-state index in [1.54, 1.807) is 18.2 Å². The number of rotatable bonds is 4. The maximum absolute atomic E-state index is 11.9. The molecular formula is C12H9Cl2N3O3. The molecule has 2 aromatic rings. The Balaban J connectivity index is 2.11. The molecule has 0 saturated heterocycles. The molecule has 1 aromatic carbocycles. The number of amides is 1. The second-order valence-electron chi connectivity index (χ2n) is 3.93. The molecule has 20 heavy (non-hydrogen) atoms. The van der Waals surface area contributed by atoms with Gasteiger partial charge in [0.05, 0.1) is 11.8 Å². The van der Waals surface area contributed by atoms with Gasteiger partial charge in [0.25, 0.3) is 5.91 Å². The maximum Gasteiger partial charge on any atom is 0.325 e. The lowest BCUT2D eigenvalue weighted by Crippen LogP contribution is -2.12. The Morgan fingerprint density at radius 3 is 2.50 bits per heavy atom. The van der Waals surface area contributed by atoms with Gasteiger partial charge in [-0.25, -0.2) is 0 Å². The van der Waals surface area contributed by atoms with Crippen LogP contribution < -0.4 is 5.32 Å². The summed E-state index contributed by atoms with van der Waals surface area (Å²) >= 11 is 11.6. The fourth-order valence-corrected chi connectivity index (χ4v) is 2.06. The van der Waals surface area contributed by atoms with Gasteiger partial charge in [0.2, 0.25) is 0 Å². The van der Waals surface area contributed by atoms with Crippen LogP contribution in [-0.4, -0.2) is 26.8 Å². The van der Waals surface area contributed by atoms with E-state index in [0.717, 1.165) is 4.68 Å². The molecule has 2 N–H and O–H groups in total. The first kappa shape index (κ1) is 14.4. The number of carbonyl (C=O) groups excluding carboxylic acids is 1. The van der Waals surface area contributed by atoms with Gasteiger partial charge >= 0.3 is 5.97 Å². The van der Waals surface area contributed by atoms with E-state index in [0.29, 0.717) is 15.7 Å². The summed E-state index contributed by atoms with van der Waals surface area (Å²) < 4.78 is 1.15. The van der Waals surface area contributed by atoms with Crippen LogP contribution >= 0.6 is 23.2 Å². The summed E-state index contributed by atoms with van der Waals surface area (Å²) in [4.78, 5) is 22.5. The Kier molecular flexibility index (Phi) is 4.26. The monoisotopic (exact) mass is 313 g/mol. The number of hydrogen-bond acceptors (Lipinski definition) is 3. The minimum atomic E-state index is -1.04. The molecular weight excluding hydrogens is 305 g/mol. The number of nitrogens with one attached hydrogen (secondary N) is 1. The number of aromatic nitrogens is 2. The summed E-state index contributed by atoms with van der Waals surface area (Å²) in [6.07, 6.45) is 2.63. The SMILES string of the molecule is O=C(O)Cn1cc(C(=O)Nc2cc(Cl)cc(Cl)c2)cn1. The molecule has 0 spiro atoms. The van der Waals surface area contributed by atoms with E-state index in [1.165, 1.54) is 12.4 Å². The lowest BCUT2D eigenvalue weighted by Gasteiger charge is -2.04. The summed E-state index contributed by atoms with van der Waals surface area (Å²) in [5.41, 5.74) is 0.681. The molecule has 1 amide bonds. The number of nitrogens with zero attached hydrogens (tertiary/aromatic N) is 2. The maximum atomic E-state index is 11.9. The molecule has 2 rings (SSSR count). The standard InChI is InChI=1S/C12H9Cl2N3O3/c13-8-1-9(14)3-10(2-8)16-12(20)7-4-15-17(5-7)6-11(18)19/h1-5H,6H2,(H,16,20)(H,18,19). The molecule has 0 fully saturated rings. The van der Waals surface area contributed by atoms with Crippen LogP contribution in [0.5, 0.6) is 0 Å². The van der Waals surface area contributed by atoms with Crippen LogP contribution in [0.2, 0.25) is 10.0 Å². The van der Waals surface area contributed by atoms with Crippen LogP contribution in [0, 0.1) is 0 Å². The van der Waals surface area contributed by atoms with Gasteiger partial charge in [-0.1, -0.05) is 23.2 Å². The molecule has 1 heterocycles. The van der Waals surface area contributed by atoms with Crippen LogP contribution in [-0.2, 0) is 11.3 Å². The number of carbonyl (C=O) groups is 2. The Morgan fingerprint density at radius 1 is 1.25 bits per heavy atom. The number of aliphatic carboxylic acids is 1. The second kappa shape index (κ2) is 5.94. The van der Waals surface area contributed by atoms with E-state index < -0.39 is 11.9 Å². The van der Waals surface area contributed by atoms with Crippen molar-refractivity contribution in [1.82, 2.24) is 9.78 Å². The normalized spacial score (nSPS) is 10.3. The molecule has 0 unspecified atom stereocenters. The average molecular weight is 314 g/mol. The zero-order chi connectivity index (χ0) is 14.7. The minimum Gasteiger partial charge on any atom is -0.480 e. The summed E-state index contributed by atoms with van der Waals surface area (Å²) in [6, 6.07) is 4.64. The second-order valence-corrected chi connectivity index (χ2v) is 4.81. The van der Waals surface area contributed by atoms with Crippen LogP contribution in [0.25, 0.3) is 0 Å². The molecule has 0 bridgehead atoms. The van der Waals surface area contributed by atoms with Crippen molar-refractivity contribution in [3.8, 4) is 0 Å². The van der Waals surface area contributed by atoms with E-state index >= 15 is 0 Å². The van der Waals surface area contributed by atoms with E-state index in [-0.39, 0.29) is 12.1 Å². The predicted octanol–water partition coefficient (Wildman–Crippen LogP) is 2.53. The third-order valence-electron chi connectivity index (χ3n) is 2.31. The molecule has 0 radical (unpaired) electrons. The fraction of sp³-hybridized carbons (Fsp3) is 0.0833. The van der Waals surface area contributed by atoms with Crippen molar-refractivity contribution in [3.05, 3.63) is 46.2 Å². The third kappa shape index (κ3) is 3.72. The van der Waals surface area contributed by atoms with Crippen molar-refractivity contribution in [2.75, 3.05) is 5.32 Å². The molecule has 104 valence electrons. The largest absolute Gasteiger partial charge is 0.480 e. The highest BCUT2D eigenvalue weighted by molar-refractivity contribution is 6.35. The molecule has 1 aromatic heterocycles. The summed E-state index contributed by atoms with van der Waals surface area (Å²) in [5, 5.41) is 15.8. The van der Waals surface area contributed by atoms with E-state index in [1.807, 2.05) is 0 Å². The number of benzene rings is 1. The average Bonchev–Trinajstić information content (AvgIpc) is 2.75. The number of carboxylic acids is 1. The quantitative estimate of drug-likeness (QED) is 0.908. The van der Waals surface area contributed by atoms with Gasteiger partial charge in [-0.15, -0.1) is 0 Å². The van der Waals surface area contributed by atoms with Gasteiger partial charge in [0, 0.05) is 21.9 Å². The highest BCUT2D eigenvalue weighted by atomic mass is 35.5. The molecule has 0 aliphatic carbocycles. The van der Waals surface area contributed by atoms with Gasteiger partial charge in [-0.2, -0.15) is 5.10 Å². The van der Waals surface area contributed by atoms with Crippen LogP contribution in [0.3, 0.4) is 0 Å². The Hall–Kier alpha value is -2.05. The summed E-state index contributed by atoms with van der Waals surface area (Å²) in [5.74, 6) is -1.47. The Bertz CT molecular complexity index is 649. The molecule has 0 aliphatic heterocycles. The smallest absolute Gasteiger partial charge is 0.325 e. The predicted molar refractivity (Wildman–Crippen MR) is 74.3 cm³/mol. The fourth-order valence-electron chi connectivity index (χ4n) is 1.54. The first-order valence-corrected chi connectivity index (χ1v) is 6.21. The van der Waals surface area contributed by atoms with Crippen molar-refractivity contribution in [1.29, 1.82) is 0 Å². The number of hydrogen-bond donors (Lipinski definition) is 2. The van der Waals surface area contributed by atoms with Crippen molar-refractivity contribution in [2.45, 2.75) is 6.54 Å². The molecule has 0 saturated carbocycles.